The fourth-order valence-corrected chi connectivity index (χ4v) is 3.77. The highest BCUT2D eigenvalue weighted by molar-refractivity contribution is 9.10. The first-order chi connectivity index (χ1) is 16.1. The molecule has 0 aliphatic carbocycles. The van der Waals surface area contributed by atoms with Gasteiger partial charge in [0.2, 0.25) is 5.91 Å². The number of rotatable bonds is 7. The van der Waals surface area contributed by atoms with E-state index in [4.69, 9.17) is 4.74 Å². The van der Waals surface area contributed by atoms with Gasteiger partial charge in [0, 0.05) is 22.6 Å². The number of para-hydroxylation sites is 1. The van der Waals surface area contributed by atoms with Crippen LogP contribution in [-0.4, -0.2) is 46.8 Å². The van der Waals surface area contributed by atoms with Crippen molar-refractivity contribution in [2.24, 2.45) is 5.92 Å². The third-order valence-corrected chi connectivity index (χ3v) is 6.24. The summed E-state index contributed by atoms with van der Waals surface area (Å²) in [5, 5.41) is 14.7. The van der Waals surface area contributed by atoms with Crippen molar-refractivity contribution >= 4 is 51.0 Å². The molecule has 0 radical (unpaired) electrons. The molecule has 1 aliphatic heterocycles. The van der Waals surface area contributed by atoms with Crippen LogP contribution in [-0.2, 0) is 19.1 Å². The van der Waals surface area contributed by atoms with Crippen LogP contribution in [0.5, 0.6) is 0 Å². The number of nitrogens with one attached hydrogen (secondary N) is 2. The maximum atomic E-state index is 12.4. The van der Waals surface area contributed by atoms with Gasteiger partial charge in [0.1, 0.15) is 5.56 Å². The molecule has 1 atom stereocenters. The Morgan fingerprint density at radius 2 is 1.88 bits per heavy atom. The summed E-state index contributed by atoms with van der Waals surface area (Å²) in [4.78, 5) is 59.6. The van der Waals surface area contributed by atoms with Gasteiger partial charge in [-0.05, 0) is 43.2 Å². The molecule has 2 N–H and O–H groups in total. The van der Waals surface area contributed by atoms with Crippen molar-refractivity contribution in [3.05, 3.63) is 67.7 Å². The van der Waals surface area contributed by atoms with Crippen LogP contribution in [0.15, 0.2) is 40.9 Å². The molecule has 178 valence electrons. The van der Waals surface area contributed by atoms with E-state index in [1.54, 1.807) is 12.1 Å². The Labute approximate surface area is 202 Å². The molecule has 3 amide bonds. The second-order valence-electron chi connectivity index (χ2n) is 7.62. The number of carbonyl (C=O) groups is 4. The first-order valence-corrected chi connectivity index (χ1v) is 10.9. The minimum Gasteiger partial charge on any atom is -0.455 e. The summed E-state index contributed by atoms with van der Waals surface area (Å²) in [5.41, 5.74) is 4.06. The van der Waals surface area contributed by atoms with Crippen molar-refractivity contribution in [1.29, 1.82) is 0 Å². The monoisotopic (exact) mass is 532 g/mol. The molecule has 3 rings (SSSR count). The quantitative estimate of drug-likeness (QED) is 0.316. The number of nitro groups is 1. The van der Waals surface area contributed by atoms with Crippen molar-refractivity contribution in [3.63, 3.8) is 0 Å². The fourth-order valence-electron chi connectivity index (χ4n) is 3.35. The Hall–Kier alpha value is -3.80. The van der Waals surface area contributed by atoms with Gasteiger partial charge in [0.25, 0.3) is 17.5 Å². The molecule has 11 nitrogen and oxygen atoms in total. The van der Waals surface area contributed by atoms with Crippen LogP contribution in [0.4, 0.5) is 11.4 Å². The highest BCUT2D eigenvalue weighted by Crippen LogP contribution is 2.26. The summed E-state index contributed by atoms with van der Waals surface area (Å²) >= 11 is 3.41. The van der Waals surface area contributed by atoms with Crippen LogP contribution < -0.4 is 10.7 Å². The molecule has 0 aromatic heterocycles. The molecule has 2 aromatic rings. The molecule has 1 fully saturated rings. The Bertz CT molecular complexity index is 1180. The second-order valence-corrected chi connectivity index (χ2v) is 8.48. The summed E-state index contributed by atoms with van der Waals surface area (Å²) in [7, 11) is 0. The first kappa shape index (κ1) is 24.8. The molecule has 0 spiro atoms. The van der Waals surface area contributed by atoms with Gasteiger partial charge in [0.15, 0.2) is 6.61 Å². The maximum absolute atomic E-state index is 12.4. The summed E-state index contributed by atoms with van der Waals surface area (Å²) in [6.45, 7) is 3.02. The molecule has 2 aromatic carbocycles. The lowest BCUT2D eigenvalue weighted by Crippen LogP contribution is -2.43. The van der Waals surface area contributed by atoms with Crippen LogP contribution in [0.25, 0.3) is 0 Å². The first-order valence-electron chi connectivity index (χ1n) is 10.2. The number of ether oxygens (including phenoxy) is 1. The standard InChI is InChI=1S/C22H21BrN4O7/c1-12-13(2)17(8-7-16(12)23)24-19(28)11-34-22(31)14-9-20(29)26(10-14)25-21(30)15-5-3-4-6-18(15)27(32)33/h3-8,14H,9-11H2,1-2H3,(H,24,28)(H,25,30)/t14-/m0/s1. The van der Waals surface area contributed by atoms with E-state index in [-0.39, 0.29) is 18.5 Å². The van der Waals surface area contributed by atoms with Crippen molar-refractivity contribution in [1.82, 2.24) is 10.4 Å². The number of hydrazine groups is 1. The van der Waals surface area contributed by atoms with Gasteiger partial charge in [-0.1, -0.05) is 28.1 Å². The number of hydrogen-bond acceptors (Lipinski definition) is 7. The highest BCUT2D eigenvalue weighted by Gasteiger charge is 2.37. The third-order valence-electron chi connectivity index (χ3n) is 5.38. The number of hydrogen-bond donors (Lipinski definition) is 2. The molecule has 0 saturated carbocycles. The number of carbonyl (C=O) groups excluding carboxylic acids is 4. The van der Waals surface area contributed by atoms with Gasteiger partial charge in [-0.3, -0.25) is 39.7 Å². The second kappa shape index (κ2) is 10.4. The molecule has 0 unspecified atom stereocenters. The van der Waals surface area contributed by atoms with E-state index in [0.717, 1.165) is 20.6 Å². The largest absolute Gasteiger partial charge is 0.455 e. The van der Waals surface area contributed by atoms with Gasteiger partial charge in [-0.25, -0.2) is 0 Å². The smallest absolute Gasteiger partial charge is 0.311 e. The van der Waals surface area contributed by atoms with Crippen molar-refractivity contribution in [2.75, 3.05) is 18.5 Å². The fraction of sp³-hybridized carbons (Fsp3) is 0.273. The van der Waals surface area contributed by atoms with Gasteiger partial charge < -0.3 is 10.1 Å². The van der Waals surface area contributed by atoms with Gasteiger partial charge in [-0.2, -0.15) is 0 Å². The molecule has 0 bridgehead atoms. The number of benzene rings is 2. The van der Waals surface area contributed by atoms with E-state index in [2.05, 4.69) is 26.7 Å². The van der Waals surface area contributed by atoms with E-state index in [9.17, 15) is 29.3 Å². The Kier molecular flexibility index (Phi) is 7.61. The average molecular weight is 533 g/mol. The van der Waals surface area contributed by atoms with Crippen LogP contribution in [0.2, 0.25) is 0 Å². The van der Waals surface area contributed by atoms with Crippen molar-refractivity contribution < 1.29 is 28.8 Å². The lowest BCUT2D eigenvalue weighted by Gasteiger charge is -2.17. The van der Waals surface area contributed by atoms with E-state index in [0.29, 0.717) is 5.69 Å². The summed E-state index contributed by atoms with van der Waals surface area (Å²) < 4.78 is 5.95. The predicted molar refractivity (Wildman–Crippen MR) is 124 cm³/mol. The van der Waals surface area contributed by atoms with Crippen LogP contribution >= 0.6 is 15.9 Å². The number of nitro benzene ring substituents is 1. The van der Waals surface area contributed by atoms with E-state index in [1.165, 1.54) is 24.3 Å². The van der Waals surface area contributed by atoms with Crippen molar-refractivity contribution in [2.45, 2.75) is 20.3 Å². The third kappa shape index (κ3) is 5.57. The zero-order chi connectivity index (χ0) is 25.0. The highest BCUT2D eigenvalue weighted by atomic mass is 79.9. The Morgan fingerprint density at radius 1 is 1.18 bits per heavy atom. The molecule has 1 heterocycles. The van der Waals surface area contributed by atoms with E-state index < -0.39 is 46.8 Å². The molecular formula is C22H21BrN4O7. The summed E-state index contributed by atoms with van der Waals surface area (Å²) in [6, 6.07) is 8.81. The SMILES string of the molecule is Cc1c(Br)ccc(NC(=O)COC(=O)[C@H]2CC(=O)N(NC(=O)c3ccccc3[N+](=O)[O-])C2)c1C. The van der Waals surface area contributed by atoms with Gasteiger partial charge in [0.05, 0.1) is 17.4 Å². The predicted octanol–water partition coefficient (Wildman–Crippen LogP) is 2.65. The number of anilines is 1. The zero-order valence-electron chi connectivity index (χ0n) is 18.3. The minimum absolute atomic E-state index is 0.184. The summed E-state index contributed by atoms with van der Waals surface area (Å²) in [6.07, 6.45) is -0.234. The number of nitrogens with zero attached hydrogens (tertiary/aromatic N) is 2. The number of esters is 1. The topological polar surface area (TPSA) is 148 Å². The van der Waals surface area contributed by atoms with Gasteiger partial charge in [-0.15, -0.1) is 0 Å². The van der Waals surface area contributed by atoms with Crippen molar-refractivity contribution in [3.8, 4) is 0 Å². The number of halogens is 1. The van der Waals surface area contributed by atoms with Crippen LogP contribution in [0, 0.1) is 29.9 Å². The lowest BCUT2D eigenvalue weighted by molar-refractivity contribution is -0.385. The molecule has 1 aliphatic rings. The Balaban J connectivity index is 1.54. The summed E-state index contributed by atoms with van der Waals surface area (Å²) in [5.74, 6) is -3.62. The average Bonchev–Trinajstić information content (AvgIpc) is 3.17. The molecular weight excluding hydrogens is 512 g/mol. The normalized spacial score (nSPS) is 15.1. The Morgan fingerprint density at radius 3 is 2.59 bits per heavy atom. The van der Waals surface area contributed by atoms with Crippen LogP contribution in [0.3, 0.4) is 0 Å². The minimum atomic E-state index is -0.900. The van der Waals surface area contributed by atoms with Gasteiger partial charge >= 0.3 is 5.97 Å². The maximum Gasteiger partial charge on any atom is 0.311 e. The number of amides is 3. The van der Waals surface area contributed by atoms with E-state index >= 15 is 0 Å². The lowest BCUT2D eigenvalue weighted by atomic mass is 10.1. The van der Waals surface area contributed by atoms with E-state index in [1.807, 2.05) is 13.8 Å². The molecule has 12 heteroatoms. The molecule has 34 heavy (non-hydrogen) atoms. The molecule has 1 saturated heterocycles. The van der Waals surface area contributed by atoms with Crippen LogP contribution in [0.1, 0.15) is 27.9 Å². The zero-order valence-corrected chi connectivity index (χ0v) is 19.9.